The maximum absolute atomic E-state index is 13.2. The van der Waals surface area contributed by atoms with Gasteiger partial charge in [-0.2, -0.15) is 0 Å². The number of oxime groups is 1. The number of allylic oxidation sites excluding steroid dienone is 1. The second-order valence-electron chi connectivity index (χ2n) is 10.4. The molecule has 1 aromatic carbocycles. The molecule has 7 nitrogen and oxygen atoms in total. The summed E-state index contributed by atoms with van der Waals surface area (Å²) in [6.45, 7) is 10.1. The highest BCUT2D eigenvalue weighted by atomic mass is 16.6. The van der Waals surface area contributed by atoms with Gasteiger partial charge in [0.25, 0.3) is 5.91 Å². The third-order valence-corrected chi connectivity index (χ3v) is 6.85. The number of cyclic esters (lactones) is 1. The van der Waals surface area contributed by atoms with Gasteiger partial charge in [0.05, 0.1) is 17.4 Å². The summed E-state index contributed by atoms with van der Waals surface area (Å²) >= 11 is 0. The largest absolute Gasteiger partial charge is 0.459 e. The molecule has 38 heavy (non-hydrogen) atoms. The highest BCUT2D eigenvalue weighted by Crippen LogP contribution is 2.22. The maximum Gasteiger partial charge on any atom is 0.338 e. The molecular formula is C31H44N2O5. The number of carbonyl (C=O) groups is 2. The van der Waals surface area contributed by atoms with Gasteiger partial charge in [-0.25, -0.2) is 4.79 Å². The van der Waals surface area contributed by atoms with Gasteiger partial charge >= 0.3 is 5.97 Å². The Balaban J connectivity index is 1.86. The summed E-state index contributed by atoms with van der Waals surface area (Å²) in [6.07, 6.45) is 14.7. The van der Waals surface area contributed by atoms with E-state index >= 15 is 0 Å². The van der Waals surface area contributed by atoms with Gasteiger partial charge in [-0.15, -0.1) is 0 Å². The molecule has 0 N–H and O–H groups in total. The van der Waals surface area contributed by atoms with Crippen LogP contribution in [0.1, 0.15) is 85.8 Å². The molecule has 0 bridgehead atoms. The first-order valence-corrected chi connectivity index (χ1v) is 14.1. The van der Waals surface area contributed by atoms with Crippen LogP contribution in [0.15, 0.2) is 41.6 Å². The fraction of sp³-hybridized carbons (Fsp3) is 0.581. The smallest absolute Gasteiger partial charge is 0.338 e. The van der Waals surface area contributed by atoms with E-state index in [2.05, 4.69) is 12.1 Å². The van der Waals surface area contributed by atoms with Crippen molar-refractivity contribution in [2.24, 2.45) is 5.16 Å². The lowest BCUT2D eigenvalue weighted by Gasteiger charge is -2.26. The molecule has 208 valence electrons. The van der Waals surface area contributed by atoms with Crippen molar-refractivity contribution in [2.45, 2.75) is 91.3 Å². The zero-order valence-electron chi connectivity index (χ0n) is 23.5. The number of ether oxygens (including phenoxy) is 2. The number of hydrogen-bond acceptors (Lipinski definition) is 6. The Morgan fingerprint density at radius 2 is 1.92 bits per heavy atom. The summed E-state index contributed by atoms with van der Waals surface area (Å²) in [5, 5.41) is 4.36. The van der Waals surface area contributed by atoms with Crippen molar-refractivity contribution in [1.29, 1.82) is 0 Å². The van der Waals surface area contributed by atoms with Crippen LogP contribution in [0, 0.1) is 13.8 Å². The maximum atomic E-state index is 13.2. The Labute approximate surface area is 227 Å². The first-order chi connectivity index (χ1) is 18.4. The SMILES string of the molecule is CCCCOC1C=CC[C@@H](C)OC(=O)c2c(C)cc(C)cc2CC(=N/OCC(=O)N2CCCCC2)/C=C/C1. The minimum Gasteiger partial charge on any atom is -0.459 e. The van der Waals surface area contributed by atoms with Crippen molar-refractivity contribution in [3.63, 3.8) is 0 Å². The van der Waals surface area contributed by atoms with E-state index in [1.54, 1.807) is 0 Å². The van der Waals surface area contributed by atoms with E-state index in [-0.39, 0.29) is 30.7 Å². The molecule has 1 saturated heterocycles. The molecule has 2 aliphatic heterocycles. The summed E-state index contributed by atoms with van der Waals surface area (Å²) in [5.41, 5.74) is 3.96. The molecule has 0 spiro atoms. The van der Waals surface area contributed by atoms with Crippen LogP contribution in [0.5, 0.6) is 0 Å². The molecule has 7 heteroatoms. The van der Waals surface area contributed by atoms with Crippen LogP contribution in [0.4, 0.5) is 0 Å². The Kier molecular flexibility index (Phi) is 12.1. The lowest BCUT2D eigenvalue weighted by Crippen LogP contribution is -2.37. The standard InChI is InChI=1S/C31H44N2O5/c1-5-6-18-36-28-14-10-12-25(4)38-31(35)30-24(3)19-23(2)20-26(30)21-27(13-11-15-28)32-37-22-29(34)33-16-8-7-9-17-33/h10-11,13-14,19-20,25,28H,5-9,12,15-18,21-22H2,1-4H3/b13-11+,14-10?,32-27+/t25-,28?/m1/s1. The van der Waals surface area contributed by atoms with Gasteiger partial charge in [0.2, 0.25) is 0 Å². The number of fused-ring (bicyclic) bond motifs is 1. The molecule has 1 fully saturated rings. The number of amides is 1. The lowest BCUT2D eigenvalue weighted by molar-refractivity contribution is -0.137. The van der Waals surface area contributed by atoms with Crippen molar-refractivity contribution in [3.8, 4) is 0 Å². The number of likely N-dealkylation sites (tertiary alicyclic amines) is 1. The predicted molar refractivity (Wildman–Crippen MR) is 150 cm³/mol. The van der Waals surface area contributed by atoms with Gasteiger partial charge in [0.15, 0.2) is 6.61 Å². The van der Waals surface area contributed by atoms with Crippen LogP contribution in [0.3, 0.4) is 0 Å². The molecule has 3 rings (SSSR count). The van der Waals surface area contributed by atoms with Gasteiger partial charge in [0.1, 0.15) is 6.10 Å². The fourth-order valence-corrected chi connectivity index (χ4v) is 4.84. The highest BCUT2D eigenvalue weighted by molar-refractivity contribution is 6.00. The Hall–Kier alpha value is -2.93. The van der Waals surface area contributed by atoms with Crippen LogP contribution < -0.4 is 0 Å². The molecule has 0 aliphatic carbocycles. The zero-order valence-corrected chi connectivity index (χ0v) is 23.5. The molecule has 2 heterocycles. The number of piperidine rings is 1. The first kappa shape index (κ1) is 29.6. The van der Waals surface area contributed by atoms with E-state index in [1.165, 1.54) is 0 Å². The number of hydrogen-bond donors (Lipinski definition) is 0. The van der Waals surface area contributed by atoms with Crippen molar-refractivity contribution in [2.75, 3.05) is 26.3 Å². The van der Waals surface area contributed by atoms with E-state index in [4.69, 9.17) is 14.3 Å². The third-order valence-electron chi connectivity index (χ3n) is 6.85. The number of benzene rings is 1. The summed E-state index contributed by atoms with van der Waals surface area (Å²) in [7, 11) is 0. The third kappa shape index (κ3) is 9.43. The monoisotopic (exact) mass is 524 g/mol. The van der Waals surface area contributed by atoms with Crippen LogP contribution in [0.25, 0.3) is 0 Å². The van der Waals surface area contributed by atoms with Crippen LogP contribution in [-0.2, 0) is 25.5 Å². The molecule has 2 aliphatic rings. The number of esters is 1. The molecule has 1 aromatic rings. The zero-order chi connectivity index (χ0) is 27.3. The molecule has 1 amide bonds. The number of unbranched alkanes of at least 4 members (excludes halogenated alkanes) is 1. The normalized spacial score (nSPS) is 22.9. The Morgan fingerprint density at radius 3 is 2.68 bits per heavy atom. The predicted octanol–water partition coefficient (Wildman–Crippen LogP) is 5.87. The van der Waals surface area contributed by atoms with E-state index in [1.807, 2.05) is 62.1 Å². The van der Waals surface area contributed by atoms with E-state index < -0.39 is 0 Å². The Morgan fingerprint density at radius 1 is 1.13 bits per heavy atom. The number of rotatable bonds is 7. The van der Waals surface area contributed by atoms with Gasteiger partial charge in [-0.3, -0.25) is 4.79 Å². The average Bonchev–Trinajstić information content (AvgIpc) is 2.88. The molecule has 0 aromatic heterocycles. The second-order valence-corrected chi connectivity index (χ2v) is 10.4. The van der Waals surface area contributed by atoms with Crippen LogP contribution in [0.2, 0.25) is 0 Å². The summed E-state index contributed by atoms with van der Waals surface area (Å²) in [6, 6.07) is 3.99. The highest BCUT2D eigenvalue weighted by Gasteiger charge is 2.21. The molecule has 2 atom stereocenters. The minimum atomic E-state index is -0.337. The minimum absolute atomic E-state index is 0.0434. The van der Waals surface area contributed by atoms with Gasteiger partial charge < -0.3 is 19.2 Å². The molecule has 0 saturated carbocycles. The Bertz CT molecular complexity index is 1020. The quantitative estimate of drug-likeness (QED) is 0.193. The second kappa shape index (κ2) is 15.5. The van der Waals surface area contributed by atoms with Crippen molar-refractivity contribution < 1.29 is 23.9 Å². The van der Waals surface area contributed by atoms with Crippen molar-refractivity contribution in [3.05, 3.63) is 58.7 Å². The van der Waals surface area contributed by atoms with Gasteiger partial charge in [-0.05, 0) is 70.1 Å². The number of carbonyl (C=O) groups excluding carboxylic acids is 2. The summed E-state index contributed by atoms with van der Waals surface area (Å²) < 4.78 is 11.9. The molecule has 1 unspecified atom stereocenters. The molecular weight excluding hydrogens is 480 g/mol. The average molecular weight is 525 g/mol. The van der Waals surface area contributed by atoms with Crippen molar-refractivity contribution in [1.82, 2.24) is 4.90 Å². The van der Waals surface area contributed by atoms with Crippen molar-refractivity contribution >= 4 is 17.6 Å². The van der Waals surface area contributed by atoms with Crippen LogP contribution >= 0.6 is 0 Å². The van der Waals surface area contributed by atoms with Gasteiger partial charge in [-0.1, -0.05) is 54.4 Å². The lowest BCUT2D eigenvalue weighted by atomic mass is 9.95. The van der Waals surface area contributed by atoms with Gasteiger partial charge in [0, 0.05) is 32.5 Å². The topological polar surface area (TPSA) is 77.4 Å². The number of aryl methyl sites for hydroxylation is 2. The van der Waals surface area contributed by atoms with E-state index in [9.17, 15) is 9.59 Å². The first-order valence-electron chi connectivity index (χ1n) is 14.1. The molecule has 0 radical (unpaired) electrons. The summed E-state index contributed by atoms with van der Waals surface area (Å²) in [4.78, 5) is 33.2. The summed E-state index contributed by atoms with van der Waals surface area (Å²) in [5.74, 6) is -0.381. The number of nitrogens with zero attached hydrogens (tertiary/aromatic N) is 2. The van der Waals surface area contributed by atoms with Crippen LogP contribution in [-0.4, -0.2) is 61.0 Å². The fourth-order valence-electron chi connectivity index (χ4n) is 4.84. The van der Waals surface area contributed by atoms with E-state index in [0.717, 1.165) is 61.9 Å². The van der Waals surface area contributed by atoms with E-state index in [0.29, 0.717) is 37.1 Å².